The fourth-order valence-electron chi connectivity index (χ4n) is 3.36. The monoisotopic (exact) mass is 327 g/mol. The van der Waals surface area contributed by atoms with Crippen LogP contribution in [0.2, 0.25) is 0 Å². The number of ether oxygens (including phenoxy) is 1. The number of nitrogens with zero attached hydrogens (tertiary/aromatic N) is 1. The Morgan fingerprint density at radius 3 is 2.88 bits per heavy atom. The highest BCUT2D eigenvalue weighted by Crippen LogP contribution is 2.32. The van der Waals surface area contributed by atoms with Crippen molar-refractivity contribution in [3.63, 3.8) is 0 Å². The van der Waals surface area contributed by atoms with Gasteiger partial charge in [-0.2, -0.15) is 0 Å². The highest BCUT2D eigenvalue weighted by atomic mass is 19.1. The zero-order chi connectivity index (χ0) is 17.1. The summed E-state index contributed by atoms with van der Waals surface area (Å²) >= 11 is 0. The third kappa shape index (κ3) is 3.42. The molecule has 1 amide bonds. The molecule has 0 saturated carbocycles. The molecular weight excluding hydrogens is 305 g/mol. The van der Waals surface area contributed by atoms with Crippen LogP contribution in [0.25, 0.3) is 0 Å². The Morgan fingerprint density at radius 1 is 1.29 bits per heavy atom. The Morgan fingerprint density at radius 2 is 2.12 bits per heavy atom. The summed E-state index contributed by atoms with van der Waals surface area (Å²) < 4.78 is 18.5. The van der Waals surface area contributed by atoms with Gasteiger partial charge in [-0.25, -0.2) is 4.39 Å². The summed E-state index contributed by atoms with van der Waals surface area (Å²) in [5, 5.41) is 0. The van der Waals surface area contributed by atoms with Crippen LogP contribution in [0.3, 0.4) is 0 Å². The molecule has 2 aromatic carbocycles. The van der Waals surface area contributed by atoms with Crippen LogP contribution in [0.15, 0.2) is 42.5 Å². The van der Waals surface area contributed by atoms with Crippen LogP contribution >= 0.6 is 0 Å². The van der Waals surface area contributed by atoms with Gasteiger partial charge in [-0.15, -0.1) is 0 Å². The molecule has 1 aliphatic rings. The zero-order valence-corrected chi connectivity index (χ0v) is 14.1. The van der Waals surface area contributed by atoms with E-state index in [1.165, 1.54) is 23.3 Å². The van der Waals surface area contributed by atoms with E-state index in [1.54, 1.807) is 13.2 Å². The van der Waals surface area contributed by atoms with Crippen molar-refractivity contribution in [1.29, 1.82) is 0 Å². The second-order valence-corrected chi connectivity index (χ2v) is 6.21. The Kier molecular flexibility index (Phi) is 4.84. The Labute approximate surface area is 142 Å². The average molecular weight is 327 g/mol. The Bertz CT molecular complexity index is 744. The van der Waals surface area contributed by atoms with E-state index in [1.807, 2.05) is 23.1 Å². The first-order chi connectivity index (χ1) is 11.6. The number of hydrogen-bond donors (Lipinski definition) is 0. The lowest BCUT2D eigenvalue weighted by molar-refractivity contribution is -0.133. The Balaban J connectivity index is 1.67. The van der Waals surface area contributed by atoms with Gasteiger partial charge in [0, 0.05) is 13.0 Å². The van der Waals surface area contributed by atoms with Crippen molar-refractivity contribution in [2.45, 2.75) is 32.2 Å². The van der Waals surface area contributed by atoms with Crippen molar-refractivity contribution in [3.8, 4) is 5.75 Å². The van der Waals surface area contributed by atoms with Crippen LogP contribution in [-0.4, -0.2) is 24.5 Å². The van der Waals surface area contributed by atoms with E-state index in [-0.39, 0.29) is 17.8 Å². The topological polar surface area (TPSA) is 29.5 Å². The van der Waals surface area contributed by atoms with Gasteiger partial charge in [-0.3, -0.25) is 4.79 Å². The third-order valence-corrected chi connectivity index (χ3v) is 4.73. The zero-order valence-electron chi connectivity index (χ0n) is 14.1. The molecule has 24 heavy (non-hydrogen) atoms. The molecule has 0 aromatic heterocycles. The third-order valence-electron chi connectivity index (χ3n) is 4.73. The maximum Gasteiger partial charge on any atom is 0.223 e. The molecule has 0 saturated heterocycles. The van der Waals surface area contributed by atoms with Crippen molar-refractivity contribution in [2.75, 3.05) is 13.7 Å². The minimum Gasteiger partial charge on any atom is -0.497 e. The number of benzene rings is 2. The summed E-state index contributed by atoms with van der Waals surface area (Å²) in [7, 11) is 1.66. The number of carbonyl (C=O) groups is 1. The van der Waals surface area contributed by atoms with Gasteiger partial charge in [0.1, 0.15) is 11.6 Å². The minimum absolute atomic E-state index is 0.0552. The van der Waals surface area contributed by atoms with E-state index < -0.39 is 0 Å². The van der Waals surface area contributed by atoms with E-state index in [0.29, 0.717) is 19.4 Å². The molecule has 1 heterocycles. The minimum atomic E-state index is -0.255. The molecule has 1 aliphatic heterocycles. The fraction of sp³-hybridized carbons (Fsp3) is 0.350. The van der Waals surface area contributed by atoms with Crippen LogP contribution in [0.4, 0.5) is 4.39 Å². The number of halogens is 1. The number of rotatable bonds is 4. The lowest BCUT2D eigenvalue weighted by Crippen LogP contribution is -2.38. The fourth-order valence-corrected chi connectivity index (χ4v) is 3.36. The van der Waals surface area contributed by atoms with E-state index in [4.69, 9.17) is 4.74 Å². The molecule has 0 fully saturated rings. The molecule has 3 nitrogen and oxygen atoms in total. The molecule has 126 valence electrons. The molecule has 0 spiro atoms. The summed E-state index contributed by atoms with van der Waals surface area (Å²) in [5.74, 6) is 0.717. The number of amides is 1. The molecule has 0 aliphatic carbocycles. The molecular formula is C20H22FNO2. The molecule has 2 aromatic rings. The Hall–Kier alpha value is -2.36. The summed E-state index contributed by atoms with van der Waals surface area (Å²) in [4.78, 5) is 14.5. The van der Waals surface area contributed by atoms with Gasteiger partial charge >= 0.3 is 0 Å². The van der Waals surface area contributed by atoms with Gasteiger partial charge in [0.15, 0.2) is 0 Å². The second-order valence-electron chi connectivity index (χ2n) is 6.21. The van der Waals surface area contributed by atoms with Gasteiger partial charge in [0.05, 0.1) is 13.2 Å². The number of methoxy groups -OCH3 is 1. The SMILES string of the molecule is COc1ccc2c(c1)CCN(C(=O)CCc1cccc(F)c1)C2C. The highest BCUT2D eigenvalue weighted by Gasteiger charge is 2.27. The van der Waals surface area contributed by atoms with Crippen LogP contribution in [0.5, 0.6) is 5.75 Å². The highest BCUT2D eigenvalue weighted by molar-refractivity contribution is 5.77. The smallest absolute Gasteiger partial charge is 0.223 e. The van der Waals surface area contributed by atoms with E-state index in [2.05, 4.69) is 13.0 Å². The predicted octanol–water partition coefficient (Wildman–Crippen LogP) is 3.91. The first kappa shape index (κ1) is 16.5. The van der Waals surface area contributed by atoms with E-state index in [0.717, 1.165) is 17.7 Å². The molecule has 4 heteroatoms. The summed E-state index contributed by atoms with van der Waals surface area (Å²) in [5.41, 5.74) is 3.29. The van der Waals surface area contributed by atoms with Crippen LogP contribution < -0.4 is 4.74 Å². The van der Waals surface area contributed by atoms with Gasteiger partial charge in [-0.05, 0) is 60.7 Å². The summed E-state index contributed by atoms with van der Waals surface area (Å²) in [6.07, 6.45) is 1.80. The standard InChI is InChI=1S/C20H22FNO2/c1-14-19-8-7-18(24-2)13-16(19)10-11-22(14)20(23)9-6-15-4-3-5-17(21)12-15/h3-5,7-8,12-14H,6,9-11H2,1-2H3. The number of hydrogen-bond acceptors (Lipinski definition) is 2. The molecule has 3 rings (SSSR count). The molecule has 1 unspecified atom stereocenters. The van der Waals surface area contributed by atoms with Crippen molar-refractivity contribution in [2.24, 2.45) is 0 Å². The first-order valence-electron chi connectivity index (χ1n) is 8.29. The van der Waals surface area contributed by atoms with Crippen molar-refractivity contribution >= 4 is 5.91 Å². The van der Waals surface area contributed by atoms with Crippen molar-refractivity contribution in [3.05, 3.63) is 65.0 Å². The lowest BCUT2D eigenvalue weighted by atomic mass is 9.93. The lowest BCUT2D eigenvalue weighted by Gasteiger charge is -2.35. The largest absolute Gasteiger partial charge is 0.497 e. The maximum absolute atomic E-state index is 13.2. The quantitative estimate of drug-likeness (QED) is 0.852. The summed E-state index contributed by atoms with van der Waals surface area (Å²) in [6, 6.07) is 12.6. The number of fused-ring (bicyclic) bond motifs is 1. The van der Waals surface area contributed by atoms with Gasteiger partial charge in [-0.1, -0.05) is 18.2 Å². The first-order valence-corrected chi connectivity index (χ1v) is 8.29. The molecule has 0 bridgehead atoms. The van der Waals surface area contributed by atoms with E-state index in [9.17, 15) is 9.18 Å². The van der Waals surface area contributed by atoms with Crippen LogP contribution in [0.1, 0.15) is 36.1 Å². The molecule has 0 N–H and O–H groups in total. The summed E-state index contributed by atoms with van der Waals surface area (Å²) in [6.45, 7) is 2.77. The van der Waals surface area contributed by atoms with Crippen LogP contribution in [0, 0.1) is 5.82 Å². The molecule has 0 radical (unpaired) electrons. The molecule has 1 atom stereocenters. The van der Waals surface area contributed by atoms with Gasteiger partial charge in [0.2, 0.25) is 5.91 Å². The normalized spacial score (nSPS) is 16.6. The second kappa shape index (κ2) is 7.04. The van der Waals surface area contributed by atoms with E-state index >= 15 is 0 Å². The van der Waals surface area contributed by atoms with Crippen molar-refractivity contribution < 1.29 is 13.9 Å². The average Bonchev–Trinajstić information content (AvgIpc) is 2.59. The van der Waals surface area contributed by atoms with Crippen LogP contribution in [-0.2, 0) is 17.6 Å². The number of carbonyl (C=O) groups excluding carboxylic acids is 1. The number of aryl methyl sites for hydroxylation is 1. The maximum atomic E-state index is 13.2. The van der Waals surface area contributed by atoms with Crippen molar-refractivity contribution in [1.82, 2.24) is 4.90 Å². The van der Waals surface area contributed by atoms with Gasteiger partial charge in [0.25, 0.3) is 0 Å². The predicted molar refractivity (Wildman–Crippen MR) is 91.5 cm³/mol. The van der Waals surface area contributed by atoms with Gasteiger partial charge < -0.3 is 9.64 Å².